The van der Waals surface area contributed by atoms with E-state index in [-0.39, 0.29) is 6.42 Å². The van der Waals surface area contributed by atoms with E-state index in [0.717, 1.165) is 12.8 Å². The topological polar surface area (TPSA) is 43.4 Å². The van der Waals surface area contributed by atoms with Crippen molar-refractivity contribution in [3.05, 3.63) is 12.2 Å². The third kappa shape index (κ3) is 8.79. The molecular weight excluding hydrogens is 168 g/mol. The summed E-state index contributed by atoms with van der Waals surface area (Å²) in [6, 6.07) is 0. The molecule has 0 aromatic rings. The summed E-state index contributed by atoms with van der Waals surface area (Å²) in [6.45, 7) is 3.32. The first-order valence-corrected chi connectivity index (χ1v) is 4.53. The number of allylic oxidation sites excluding steroid dienone is 2. The standard InChI is InChI=1S/C10H16O3/c1-3-4-5-6-7-8-10(12)13-9(2)11/h5-6H,3-4,7-8H2,1-2H3/b6-5-. The highest BCUT2D eigenvalue weighted by Crippen LogP contribution is 1.97. The molecule has 0 heterocycles. The molecular formula is C10H16O3. The van der Waals surface area contributed by atoms with E-state index in [1.54, 1.807) is 0 Å². The van der Waals surface area contributed by atoms with Gasteiger partial charge in [-0.25, -0.2) is 0 Å². The first kappa shape index (κ1) is 11.9. The first-order valence-electron chi connectivity index (χ1n) is 4.53. The predicted octanol–water partition coefficient (Wildman–Crippen LogP) is 2.21. The van der Waals surface area contributed by atoms with E-state index in [9.17, 15) is 9.59 Å². The lowest BCUT2D eigenvalue weighted by Gasteiger charge is -1.96. The van der Waals surface area contributed by atoms with Gasteiger partial charge < -0.3 is 4.74 Å². The molecule has 0 aliphatic heterocycles. The van der Waals surface area contributed by atoms with Gasteiger partial charge in [-0.1, -0.05) is 25.5 Å². The summed E-state index contributed by atoms with van der Waals surface area (Å²) in [6.07, 6.45) is 7.02. The van der Waals surface area contributed by atoms with Crippen molar-refractivity contribution in [3.63, 3.8) is 0 Å². The van der Waals surface area contributed by atoms with Gasteiger partial charge in [0.2, 0.25) is 0 Å². The van der Waals surface area contributed by atoms with Crippen molar-refractivity contribution >= 4 is 11.9 Å². The Morgan fingerprint density at radius 1 is 1.23 bits per heavy atom. The van der Waals surface area contributed by atoms with Crippen LogP contribution in [0, 0.1) is 0 Å². The lowest BCUT2D eigenvalue weighted by Crippen LogP contribution is -2.07. The van der Waals surface area contributed by atoms with Crippen LogP contribution in [-0.4, -0.2) is 11.9 Å². The molecule has 0 atom stereocenters. The van der Waals surface area contributed by atoms with Gasteiger partial charge >= 0.3 is 11.9 Å². The Balaban J connectivity index is 3.42. The van der Waals surface area contributed by atoms with Crippen LogP contribution in [0.1, 0.15) is 39.5 Å². The van der Waals surface area contributed by atoms with Gasteiger partial charge in [-0.05, 0) is 12.8 Å². The summed E-state index contributed by atoms with van der Waals surface area (Å²) in [7, 11) is 0. The van der Waals surface area contributed by atoms with Crippen LogP contribution >= 0.6 is 0 Å². The summed E-state index contributed by atoms with van der Waals surface area (Å²) in [5, 5.41) is 0. The fourth-order valence-electron chi connectivity index (χ4n) is 0.815. The Kier molecular flexibility index (Phi) is 6.88. The molecule has 0 unspecified atom stereocenters. The highest BCUT2D eigenvalue weighted by Gasteiger charge is 2.03. The molecule has 0 saturated heterocycles. The Morgan fingerprint density at radius 3 is 2.38 bits per heavy atom. The fraction of sp³-hybridized carbons (Fsp3) is 0.600. The van der Waals surface area contributed by atoms with Crippen LogP contribution in [0.4, 0.5) is 0 Å². The molecule has 0 saturated carbocycles. The van der Waals surface area contributed by atoms with Crippen molar-refractivity contribution < 1.29 is 14.3 Å². The van der Waals surface area contributed by atoms with E-state index in [0.29, 0.717) is 6.42 Å². The molecule has 13 heavy (non-hydrogen) atoms. The zero-order valence-electron chi connectivity index (χ0n) is 8.21. The van der Waals surface area contributed by atoms with E-state index >= 15 is 0 Å². The SMILES string of the molecule is CCC/C=C\CCC(=O)OC(C)=O. The molecule has 3 nitrogen and oxygen atoms in total. The third-order valence-electron chi connectivity index (χ3n) is 1.39. The lowest BCUT2D eigenvalue weighted by molar-refractivity contribution is -0.157. The van der Waals surface area contributed by atoms with E-state index in [1.165, 1.54) is 6.92 Å². The van der Waals surface area contributed by atoms with Gasteiger partial charge in [0, 0.05) is 13.3 Å². The highest BCUT2D eigenvalue weighted by molar-refractivity contribution is 5.84. The van der Waals surface area contributed by atoms with E-state index in [4.69, 9.17) is 0 Å². The molecule has 0 rings (SSSR count). The van der Waals surface area contributed by atoms with Gasteiger partial charge in [-0.3, -0.25) is 9.59 Å². The molecule has 0 spiro atoms. The second-order valence-corrected chi connectivity index (χ2v) is 2.76. The summed E-state index contributed by atoms with van der Waals surface area (Å²) in [5.74, 6) is -0.990. The zero-order valence-corrected chi connectivity index (χ0v) is 8.21. The smallest absolute Gasteiger partial charge is 0.313 e. The number of ether oxygens (including phenoxy) is 1. The van der Waals surface area contributed by atoms with Crippen LogP contribution < -0.4 is 0 Å². The van der Waals surface area contributed by atoms with Crippen molar-refractivity contribution in [2.75, 3.05) is 0 Å². The molecule has 3 heteroatoms. The van der Waals surface area contributed by atoms with Crippen LogP contribution in [0.15, 0.2) is 12.2 Å². The van der Waals surface area contributed by atoms with E-state index < -0.39 is 11.9 Å². The minimum atomic E-state index is -0.539. The van der Waals surface area contributed by atoms with Gasteiger partial charge in [-0.2, -0.15) is 0 Å². The molecule has 0 aliphatic carbocycles. The molecule has 0 aromatic heterocycles. The molecule has 0 fully saturated rings. The minimum Gasteiger partial charge on any atom is -0.393 e. The van der Waals surface area contributed by atoms with Crippen LogP contribution in [0.25, 0.3) is 0 Å². The van der Waals surface area contributed by atoms with Crippen molar-refractivity contribution in [2.24, 2.45) is 0 Å². The number of unbranched alkanes of at least 4 members (excludes halogenated alkanes) is 1. The maximum atomic E-state index is 10.8. The maximum absolute atomic E-state index is 10.8. The fourth-order valence-corrected chi connectivity index (χ4v) is 0.815. The molecule has 0 N–H and O–H groups in total. The lowest BCUT2D eigenvalue weighted by atomic mass is 10.2. The molecule has 0 amide bonds. The van der Waals surface area contributed by atoms with Gasteiger partial charge in [0.15, 0.2) is 0 Å². The van der Waals surface area contributed by atoms with Crippen molar-refractivity contribution in [1.29, 1.82) is 0 Å². The van der Waals surface area contributed by atoms with E-state index in [1.807, 2.05) is 12.2 Å². The first-order chi connectivity index (χ1) is 6.16. The summed E-state index contributed by atoms with van der Waals surface area (Å²) >= 11 is 0. The van der Waals surface area contributed by atoms with Crippen LogP contribution in [0.2, 0.25) is 0 Å². The largest absolute Gasteiger partial charge is 0.393 e. The Bertz CT molecular complexity index is 194. The zero-order chi connectivity index (χ0) is 10.1. The van der Waals surface area contributed by atoms with Gasteiger partial charge in [0.1, 0.15) is 0 Å². The van der Waals surface area contributed by atoms with E-state index in [2.05, 4.69) is 11.7 Å². The Hall–Kier alpha value is -1.12. The minimum absolute atomic E-state index is 0.278. The van der Waals surface area contributed by atoms with Crippen LogP contribution in [0.5, 0.6) is 0 Å². The van der Waals surface area contributed by atoms with Gasteiger partial charge in [-0.15, -0.1) is 0 Å². The van der Waals surface area contributed by atoms with Gasteiger partial charge in [0.25, 0.3) is 0 Å². The average molecular weight is 184 g/mol. The maximum Gasteiger partial charge on any atom is 0.313 e. The number of rotatable bonds is 5. The molecule has 74 valence electrons. The van der Waals surface area contributed by atoms with Gasteiger partial charge in [0.05, 0.1) is 0 Å². The number of carbonyl (C=O) groups is 2. The monoisotopic (exact) mass is 184 g/mol. The number of carbonyl (C=O) groups excluding carboxylic acids is 2. The number of hydrogen-bond donors (Lipinski definition) is 0. The molecule has 0 aromatic carbocycles. The Labute approximate surface area is 78.8 Å². The summed E-state index contributed by atoms with van der Waals surface area (Å²) in [4.78, 5) is 21.1. The Morgan fingerprint density at radius 2 is 1.85 bits per heavy atom. The number of hydrogen-bond acceptors (Lipinski definition) is 3. The van der Waals surface area contributed by atoms with Crippen molar-refractivity contribution in [3.8, 4) is 0 Å². The van der Waals surface area contributed by atoms with Crippen molar-refractivity contribution in [2.45, 2.75) is 39.5 Å². The third-order valence-corrected chi connectivity index (χ3v) is 1.39. The molecule has 0 aliphatic rings. The van der Waals surface area contributed by atoms with Crippen molar-refractivity contribution in [1.82, 2.24) is 0 Å². The second-order valence-electron chi connectivity index (χ2n) is 2.76. The highest BCUT2D eigenvalue weighted by atomic mass is 16.6. The predicted molar refractivity (Wildman–Crippen MR) is 50.1 cm³/mol. The molecule has 0 radical (unpaired) electrons. The summed E-state index contributed by atoms with van der Waals surface area (Å²) in [5.41, 5.74) is 0. The normalized spacial score (nSPS) is 10.3. The average Bonchev–Trinajstić information content (AvgIpc) is 2.02. The summed E-state index contributed by atoms with van der Waals surface area (Å²) < 4.78 is 4.35. The quantitative estimate of drug-likeness (QED) is 0.374. The molecule has 0 bridgehead atoms. The number of esters is 2. The van der Waals surface area contributed by atoms with Crippen LogP contribution in [0.3, 0.4) is 0 Å². The second kappa shape index (κ2) is 7.53. The van der Waals surface area contributed by atoms with Crippen LogP contribution in [-0.2, 0) is 14.3 Å².